The minimum absolute atomic E-state index is 0.0655. The summed E-state index contributed by atoms with van der Waals surface area (Å²) in [6.45, 7) is 1.63. The third kappa shape index (κ3) is 3.31. The topological polar surface area (TPSA) is 47.9 Å². The summed E-state index contributed by atoms with van der Waals surface area (Å²) < 4.78 is 42.2. The molecule has 2 aromatic heterocycles. The fourth-order valence-electron chi connectivity index (χ4n) is 1.23. The second-order valence-electron chi connectivity index (χ2n) is 3.55. The van der Waals surface area contributed by atoms with Gasteiger partial charge in [-0.2, -0.15) is 18.2 Å². The fourth-order valence-corrected chi connectivity index (χ4v) is 1.36. The van der Waals surface area contributed by atoms with Crippen LogP contribution in [0.4, 0.5) is 13.2 Å². The maximum Gasteiger partial charge on any atom is 0.433 e. The lowest BCUT2D eigenvalue weighted by molar-refractivity contribution is -0.141. The summed E-state index contributed by atoms with van der Waals surface area (Å²) in [5.41, 5.74) is -0.996. The van der Waals surface area contributed by atoms with Crippen LogP contribution in [0.25, 0.3) is 0 Å². The quantitative estimate of drug-likeness (QED) is 0.847. The van der Waals surface area contributed by atoms with Crippen molar-refractivity contribution >= 4 is 11.6 Å². The molecule has 0 saturated heterocycles. The van der Waals surface area contributed by atoms with E-state index in [0.717, 1.165) is 18.3 Å². The van der Waals surface area contributed by atoms with E-state index in [4.69, 9.17) is 16.3 Å². The number of hydrogen-bond acceptors (Lipinski definition) is 4. The SMILES string of the molecule is Cc1ncc(Cl)c(Oc2ccc(C(F)(F)F)nc2)n1. The minimum atomic E-state index is -4.48. The second kappa shape index (κ2) is 5.00. The molecule has 4 nitrogen and oxygen atoms in total. The highest BCUT2D eigenvalue weighted by atomic mass is 35.5. The summed E-state index contributed by atoms with van der Waals surface area (Å²) in [5.74, 6) is 0.600. The highest BCUT2D eigenvalue weighted by Crippen LogP contribution is 2.30. The molecule has 0 amide bonds. The molecule has 8 heteroatoms. The molecule has 0 N–H and O–H groups in total. The molecular formula is C11H7ClF3N3O. The average molecular weight is 290 g/mol. The molecule has 100 valence electrons. The van der Waals surface area contributed by atoms with Crippen LogP contribution in [0.2, 0.25) is 5.02 Å². The summed E-state index contributed by atoms with van der Waals surface area (Å²) in [4.78, 5) is 11.0. The lowest BCUT2D eigenvalue weighted by Crippen LogP contribution is -2.07. The van der Waals surface area contributed by atoms with Crippen molar-refractivity contribution in [2.24, 2.45) is 0 Å². The largest absolute Gasteiger partial charge is 0.436 e. The molecule has 0 unspecified atom stereocenters. The van der Waals surface area contributed by atoms with E-state index in [1.165, 1.54) is 6.20 Å². The van der Waals surface area contributed by atoms with E-state index in [9.17, 15) is 13.2 Å². The molecule has 0 saturated carbocycles. The van der Waals surface area contributed by atoms with Crippen molar-refractivity contribution in [1.82, 2.24) is 15.0 Å². The number of halogens is 4. The van der Waals surface area contributed by atoms with E-state index < -0.39 is 11.9 Å². The number of aromatic nitrogens is 3. The molecule has 0 radical (unpaired) electrons. The molecule has 0 spiro atoms. The van der Waals surface area contributed by atoms with Gasteiger partial charge in [-0.25, -0.2) is 9.97 Å². The van der Waals surface area contributed by atoms with Crippen LogP contribution in [0.15, 0.2) is 24.5 Å². The average Bonchev–Trinajstić information content (AvgIpc) is 2.33. The Balaban J connectivity index is 2.22. The highest BCUT2D eigenvalue weighted by Gasteiger charge is 2.32. The third-order valence-electron chi connectivity index (χ3n) is 2.07. The molecule has 19 heavy (non-hydrogen) atoms. The smallest absolute Gasteiger partial charge is 0.433 e. The van der Waals surface area contributed by atoms with Crippen molar-refractivity contribution in [3.05, 3.63) is 41.1 Å². The van der Waals surface area contributed by atoms with Crippen molar-refractivity contribution in [2.45, 2.75) is 13.1 Å². The number of nitrogens with zero attached hydrogens (tertiary/aromatic N) is 3. The summed E-state index contributed by atoms with van der Waals surface area (Å²) in [6, 6.07) is 1.96. The van der Waals surface area contributed by atoms with Crippen LogP contribution in [0.5, 0.6) is 11.6 Å². The van der Waals surface area contributed by atoms with Gasteiger partial charge in [0, 0.05) is 0 Å². The molecule has 0 aliphatic carbocycles. The molecule has 0 aliphatic rings. The number of pyridine rings is 1. The van der Waals surface area contributed by atoms with E-state index in [0.29, 0.717) is 5.82 Å². The lowest BCUT2D eigenvalue weighted by atomic mass is 10.3. The Morgan fingerprint density at radius 3 is 2.47 bits per heavy atom. The predicted molar refractivity (Wildman–Crippen MR) is 61.1 cm³/mol. The minimum Gasteiger partial charge on any atom is -0.436 e. The van der Waals surface area contributed by atoms with E-state index in [1.54, 1.807) is 6.92 Å². The van der Waals surface area contributed by atoms with Gasteiger partial charge < -0.3 is 4.74 Å². The fraction of sp³-hybridized carbons (Fsp3) is 0.182. The molecule has 2 aromatic rings. The van der Waals surface area contributed by atoms with Gasteiger partial charge in [0.15, 0.2) is 0 Å². The molecular weight excluding hydrogens is 283 g/mol. The second-order valence-corrected chi connectivity index (χ2v) is 3.96. The first-order chi connectivity index (χ1) is 8.86. The van der Waals surface area contributed by atoms with Crippen molar-refractivity contribution in [2.75, 3.05) is 0 Å². The van der Waals surface area contributed by atoms with Crippen LogP contribution in [0.3, 0.4) is 0 Å². The Labute approximate surface area is 111 Å². The van der Waals surface area contributed by atoms with Gasteiger partial charge in [0.25, 0.3) is 0 Å². The van der Waals surface area contributed by atoms with Crippen molar-refractivity contribution in [3.63, 3.8) is 0 Å². The maximum absolute atomic E-state index is 12.3. The van der Waals surface area contributed by atoms with Gasteiger partial charge in [-0.1, -0.05) is 11.6 Å². The van der Waals surface area contributed by atoms with Gasteiger partial charge in [-0.15, -0.1) is 0 Å². The summed E-state index contributed by atoms with van der Waals surface area (Å²) in [7, 11) is 0. The molecule has 2 heterocycles. The van der Waals surface area contributed by atoms with E-state index >= 15 is 0 Å². The van der Waals surface area contributed by atoms with Gasteiger partial charge in [0.05, 0.1) is 12.4 Å². The summed E-state index contributed by atoms with van der Waals surface area (Å²) >= 11 is 5.80. The van der Waals surface area contributed by atoms with Crippen LogP contribution in [-0.2, 0) is 6.18 Å². The standard InChI is InChI=1S/C11H7ClF3N3O/c1-6-16-5-8(12)10(18-6)19-7-2-3-9(17-4-7)11(13,14)15/h2-5H,1H3. The first-order valence-corrected chi connectivity index (χ1v) is 5.44. The first kappa shape index (κ1) is 13.5. The Kier molecular flexibility index (Phi) is 3.57. The van der Waals surface area contributed by atoms with Gasteiger partial charge in [-0.05, 0) is 19.1 Å². The number of ether oxygens (including phenoxy) is 1. The Hall–Kier alpha value is -1.89. The van der Waals surface area contributed by atoms with Crippen LogP contribution in [-0.4, -0.2) is 15.0 Å². The summed E-state index contributed by atoms with van der Waals surface area (Å²) in [6.07, 6.45) is -2.19. The zero-order valence-electron chi connectivity index (χ0n) is 9.57. The number of hydrogen-bond donors (Lipinski definition) is 0. The number of rotatable bonds is 2. The van der Waals surface area contributed by atoms with Gasteiger partial charge in [0.2, 0.25) is 5.88 Å². The normalized spacial score (nSPS) is 11.4. The molecule has 0 atom stereocenters. The molecule has 0 fully saturated rings. The monoisotopic (exact) mass is 289 g/mol. The van der Waals surface area contributed by atoms with Crippen LogP contribution >= 0.6 is 11.6 Å². The van der Waals surface area contributed by atoms with Crippen LogP contribution < -0.4 is 4.74 Å². The van der Waals surface area contributed by atoms with Gasteiger partial charge >= 0.3 is 6.18 Å². The van der Waals surface area contributed by atoms with E-state index in [-0.39, 0.29) is 16.7 Å². The van der Waals surface area contributed by atoms with Crippen LogP contribution in [0.1, 0.15) is 11.5 Å². The molecule has 2 rings (SSSR count). The Bertz CT molecular complexity index is 587. The Morgan fingerprint density at radius 2 is 1.89 bits per heavy atom. The van der Waals surface area contributed by atoms with Crippen molar-refractivity contribution in [1.29, 1.82) is 0 Å². The third-order valence-corrected chi connectivity index (χ3v) is 2.33. The highest BCUT2D eigenvalue weighted by molar-refractivity contribution is 6.31. The zero-order chi connectivity index (χ0) is 14.0. The van der Waals surface area contributed by atoms with E-state index in [2.05, 4.69) is 15.0 Å². The van der Waals surface area contributed by atoms with Crippen molar-refractivity contribution < 1.29 is 17.9 Å². The zero-order valence-corrected chi connectivity index (χ0v) is 10.3. The van der Waals surface area contributed by atoms with Gasteiger partial charge in [-0.3, -0.25) is 0 Å². The lowest BCUT2D eigenvalue weighted by Gasteiger charge is -2.08. The van der Waals surface area contributed by atoms with Crippen molar-refractivity contribution in [3.8, 4) is 11.6 Å². The van der Waals surface area contributed by atoms with Crippen LogP contribution in [0, 0.1) is 6.92 Å². The number of aryl methyl sites for hydroxylation is 1. The first-order valence-electron chi connectivity index (χ1n) is 5.06. The predicted octanol–water partition coefficient (Wildman–Crippen LogP) is 3.64. The summed E-state index contributed by atoms with van der Waals surface area (Å²) in [5, 5.41) is 0.158. The molecule has 0 aliphatic heterocycles. The molecule has 0 aromatic carbocycles. The Morgan fingerprint density at radius 1 is 1.16 bits per heavy atom. The maximum atomic E-state index is 12.3. The molecule has 0 bridgehead atoms. The number of alkyl halides is 3. The van der Waals surface area contributed by atoms with E-state index in [1.807, 2.05) is 0 Å². The van der Waals surface area contributed by atoms with Gasteiger partial charge in [0.1, 0.15) is 22.3 Å².